The molecule has 0 aliphatic carbocycles. The van der Waals surface area contributed by atoms with Gasteiger partial charge in [0.15, 0.2) is 0 Å². The molecule has 4 rings (SSSR count). The van der Waals surface area contributed by atoms with Crippen molar-refractivity contribution < 1.29 is 9.59 Å². The number of anilines is 2. The highest BCUT2D eigenvalue weighted by Gasteiger charge is 2.38. The Morgan fingerprint density at radius 1 is 1.07 bits per heavy atom. The Morgan fingerprint density at radius 2 is 1.80 bits per heavy atom. The zero-order valence-corrected chi connectivity index (χ0v) is 17.6. The van der Waals surface area contributed by atoms with Gasteiger partial charge in [-0.05, 0) is 61.4 Å². The molecule has 0 saturated heterocycles. The molecule has 2 aromatic carbocycles. The molecule has 2 amide bonds. The Morgan fingerprint density at radius 3 is 2.47 bits per heavy atom. The Hall–Kier alpha value is -3.18. The summed E-state index contributed by atoms with van der Waals surface area (Å²) in [5.74, 6) is -0.154. The minimum Gasteiger partial charge on any atom is -0.305 e. The van der Waals surface area contributed by atoms with E-state index in [4.69, 9.17) is 11.6 Å². The number of carbonyl (C=O) groups is 2. The predicted molar refractivity (Wildman–Crippen MR) is 119 cm³/mol. The summed E-state index contributed by atoms with van der Waals surface area (Å²) in [5, 5.41) is 0.618. The average molecular weight is 420 g/mol. The maximum Gasteiger partial charge on any atom is 0.260 e. The smallest absolute Gasteiger partial charge is 0.260 e. The molecule has 0 fully saturated rings. The number of fused-ring (bicyclic) bond motifs is 1. The first-order valence-electron chi connectivity index (χ1n) is 9.85. The summed E-state index contributed by atoms with van der Waals surface area (Å²) < 4.78 is 0. The highest BCUT2D eigenvalue weighted by Crippen LogP contribution is 2.42. The molecule has 0 radical (unpaired) electrons. The van der Waals surface area contributed by atoms with Crippen LogP contribution in [0.5, 0.6) is 0 Å². The number of carbonyl (C=O) groups excluding carboxylic acids is 2. The maximum absolute atomic E-state index is 13.3. The fourth-order valence-corrected chi connectivity index (χ4v) is 4.27. The van der Waals surface area contributed by atoms with Gasteiger partial charge in [-0.25, -0.2) is 0 Å². The number of pyridine rings is 1. The first-order chi connectivity index (χ1) is 14.5. The van der Waals surface area contributed by atoms with Crippen LogP contribution in [0.25, 0.3) is 0 Å². The van der Waals surface area contributed by atoms with Crippen LogP contribution >= 0.6 is 11.6 Å². The maximum atomic E-state index is 13.3. The largest absolute Gasteiger partial charge is 0.305 e. The summed E-state index contributed by atoms with van der Waals surface area (Å²) in [6.07, 6.45) is 3.85. The highest BCUT2D eigenvalue weighted by molar-refractivity contribution is 6.30. The number of hydrogen-bond acceptors (Lipinski definition) is 3. The van der Waals surface area contributed by atoms with Gasteiger partial charge in [0, 0.05) is 41.8 Å². The molecule has 2 heterocycles. The lowest BCUT2D eigenvalue weighted by molar-refractivity contribution is -0.117. The number of rotatable bonds is 3. The van der Waals surface area contributed by atoms with Gasteiger partial charge in [-0.15, -0.1) is 0 Å². The molecule has 3 aromatic rings. The number of para-hydroxylation sites is 1. The van der Waals surface area contributed by atoms with Gasteiger partial charge in [-0.3, -0.25) is 14.6 Å². The second-order valence-electron chi connectivity index (χ2n) is 7.44. The lowest BCUT2D eigenvalue weighted by Gasteiger charge is -2.43. The number of aromatic nitrogens is 1. The Kier molecular flexibility index (Phi) is 5.55. The summed E-state index contributed by atoms with van der Waals surface area (Å²) in [5.41, 5.74) is 3.08. The van der Waals surface area contributed by atoms with E-state index in [0.717, 1.165) is 16.9 Å². The van der Waals surface area contributed by atoms with Crippen LogP contribution in [0.15, 0.2) is 73.1 Å². The van der Waals surface area contributed by atoms with Crippen molar-refractivity contribution in [2.75, 3.05) is 9.80 Å². The van der Waals surface area contributed by atoms with Crippen LogP contribution < -0.4 is 9.80 Å². The minimum absolute atomic E-state index is 0.0589. The molecular formula is C24H22ClN3O2. The van der Waals surface area contributed by atoms with Crippen molar-refractivity contribution in [3.63, 3.8) is 0 Å². The molecule has 5 nitrogen and oxygen atoms in total. The van der Waals surface area contributed by atoms with Gasteiger partial charge in [0.2, 0.25) is 5.91 Å². The second-order valence-corrected chi connectivity index (χ2v) is 7.88. The Bertz CT molecular complexity index is 1070. The van der Waals surface area contributed by atoms with Crippen LogP contribution in [0.1, 0.15) is 42.2 Å². The van der Waals surface area contributed by atoms with E-state index >= 15 is 0 Å². The molecule has 152 valence electrons. The standard InChI is InChI=1S/C24H22ClN3O2/c1-16-14-23(28(17(2)29)20-11-9-19(25)10-12-20)21-7-3-4-8-22(21)27(16)24(30)18-6-5-13-26-15-18/h3-13,15-16,23H,14H2,1-2H3. The van der Waals surface area contributed by atoms with E-state index in [0.29, 0.717) is 17.0 Å². The third-order valence-corrected chi connectivity index (χ3v) is 5.70. The molecule has 30 heavy (non-hydrogen) atoms. The number of hydrogen-bond donors (Lipinski definition) is 0. The molecule has 0 N–H and O–H groups in total. The summed E-state index contributed by atoms with van der Waals surface area (Å²) >= 11 is 6.05. The van der Waals surface area contributed by atoms with Crippen LogP contribution in [-0.2, 0) is 4.79 Å². The van der Waals surface area contributed by atoms with E-state index in [9.17, 15) is 9.59 Å². The van der Waals surface area contributed by atoms with Gasteiger partial charge in [0.05, 0.1) is 11.6 Å². The van der Waals surface area contributed by atoms with Crippen molar-refractivity contribution >= 4 is 34.8 Å². The molecule has 2 atom stereocenters. The fourth-order valence-electron chi connectivity index (χ4n) is 4.15. The summed E-state index contributed by atoms with van der Waals surface area (Å²) in [7, 11) is 0. The quantitative estimate of drug-likeness (QED) is 0.581. The van der Waals surface area contributed by atoms with E-state index in [2.05, 4.69) is 4.98 Å². The molecule has 1 aliphatic heterocycles. The van der Waals surface area contributed by atoms with E-state index < -0.39 is 0 Å². The monoisotopic (exact) mass is 419 g/mol. The summed E-state index contributed by atoms with van der Waals surface area (Å²) in [6.45, 7) is 3.58. The molecule has 1 aromatic heterocycles. The topological polar surface area (TPSA) is 53.5 Å². The fraction of sp³-hybridized carbons (Fsp3) is 0.208. The first-order valence-corrected chi connectivity index (χ1v) is 10.2. The van der Waals surface area contributed by atoms with Crippen LogP contribution in [0.4, 0.5) is 11.4 Å². The lowest BCUT2D eigenvalue weighted by Crippen LogP contribution is -2.47. The van der Waals surface area contributed by atoms with Crippen LogP contribution in [-0.4, -0.2) is 22.8 Å². The van der Waals surface area contributed by atoms with Crippen molar-refractivity contribution in [1.29, 1.82) is 0 Å². The van der Waals surface area contributed by atoms with E-state index in [1.807, 2.05) is 48.2 Å². The third-order valence-electron chi connectivity index (χ3n) is 5.44. The molecular weight excluding hydrogens is 398 g/mol. The number of halogens is 1. The number of benzene rings is 2. The summed E-state index contributed by atoms with van der Waals surface area (Å²) in [4.78, 5) is 33.6. The molecule has 2 unspecified atom stereocenters. The van der Waals surface area contributed by atoms with Crippen molar-refractivity contribution in [3.05, 3.63) is 89.2 Å². The van der Waals surface area contributed by atoms with Crippen molar-refractivity contribution in [1.82, 2.24) is 4.98 Å². The zero-order chi connectivity index (χ0) is 21.3. The molecule has 1 aliphatic rings. The summed E-state index contributed by atoms with van der Waals surface area (Å²) in [6, 6.07) is 18.3. The zero-order valence-electron chi connectivity index (χ0n) is 16.8. The first kappa shape index (κ1) is 20.1. The van der Waals surface area contributed by atoms with E-state index in [-0.39, 0.29) is 23.9 Å². The number of amides is 2. The second kappa shape index (κ2) is 8.28. The minimum atomic E-state index is -0.187. The van der Waals surface area contributed by atoms with E-state index in [1.54, 1.807) is 48.5 Å². The average Bonchev–Trinajstić information content (AvgIpc) is 2.75. The SMILES string of the molecule is CC(=O)N(c1ccc(Cl)cc1)C1CC(C)N(C(=O)c2cccnc2)c2ccccc21. The van der Waals surface area contributed by atoms with Crippen LogP contribution in [0, 0.1) is 0 Å². The van der Waals surface area contributed by atoms with Crippen molar-refractivity contribution in [2.45, 2.75) is 32.4 Å². The van der Waals surface area contributed by atoms with Crippen LogP contribution in [0.3, 0.4) is 0 Å². The molecule has 0 saturated carbocycles. The molecule has 0 spiro atoms. The normalized spacial score (nSPS) is 17.9. The molecule has 6 heteroatoms. The van der Waals surface area contributed by atoms with Gasteiger partial charge in [0.25, 0.3) is 5.91 Å². The van der Waals surface area contributed by atoms with E-state index in [1.165, 1.54) is 0 Å². The molecule has 0 bridgehead atoms. The van der Waals surface area contributed by atoms with Gasteiger partial charge < -0.3 is 9.80 Å². The Labute approximate surface area is 180 Å². The van der Waals surface area contributed by atoms with Gasteiger partial charge in [0.1, 0.15) is 0 Å². The van der Waals surface area contributed by atoms with Crippen molar-refractivity contribution in [3.8, 4) is 0 Å². The van der Waals surface area contributed by atoms with Gasteiger partial charge >= 0.3 is 0 Å². The van der Waals surface area contributed by atoms with Crippen LogP contribution in [0.2, 0.25) is 5.02 Å². The van der Waals surface area contributed by atoms with Gasteiger partial charge in [-0.1, -0.05) is 29.8 Å². The van der Waals surface area contributed by atoms with Gasteiger partial charge in [-0.2, -0.15) is 0 Å². The highest BCUT2D eigenvalue weighted by atomic mass is 35.5. The lowest BCUT2D eigenvalue weighted by atomic mass is 9.89. The third kappa shape index (κ3) is 3.68. The predicted octanol–water partition coefficient (Wildman–Crippen LogP) is 5.27. The Balaban J connectivity index is 1.78. The number of nitrogens with zero attached hydrogens (tertiary/aromatic N) is 3. The van der Waals surface area contributed by atoms with Crippen molar-refractivity contribution in [2.24, 2.45) is 0 Å².